The maximum Gasteiger partial charge on any atom is 0.244 e. The van der Waals surface area contributed by atoms with E-state index in [-0.39, 0.29) is 24.9 Å². The monoisotopic (exact) mass is 448 g/mol. The molecule has 1 aliphatic heterocycles. The average molecular weight is 449 g/mol. The summed E-state index contributed by atoms with van der Waals surface area (Å²) in [5.74, 6) is -1.03. The van der Waals surface area contributed by atoms with Crippen LogP contribution < -0.4 is 11.1 Å². The van der Waals surface area contributed by atoms with E-state index in [1.165, 1.54) is 6.33 Å². The number of hydrogen-bond acceptors (Lipinski definition) is 6. The van der Waals surface area contributed by atoms with Gasteiger partial charge in [-0.15, -0.1) is 0 Å². The number of alkyl halides is 1. The van der Waals surface area contributed by atoms with E-state index < -0.39 is 30.1 Å². The highest BCUT2D eigenvalue weighted by atomic mass is 35.5. The summed E-state index contributed by atoms with van der Waals surface area (Å²) in [6.07, 6.45) is 4.43. The average Bonchev–Trinajstić information content (AvgIpc) is 3.09. The van der Waals surface area contributed by atoms with Crippen LogP contribution in [0.4, 0.5) is 4.39 Å². The van der Waals surface area contributed by atoms with Crippen molar-refractivity contribution in [2.45, 2.75) is 57.4 Å². The predicted octanol–water partition coefficient (Wildman–Crippen LogP) is 1.99. The van der Waals surface area contributed by atoms with E-state index in [1.54, 1.807) is 34.1 Å². The highest BCUT2D eigenvalue weighted by Gasteiger charge is 2.41. The molecule has 0 radical (unpaired) electrons. The lowest BCUT2D eigenvalue weighted by atomic mass is 9.99. The fraction of sp³-hybridized carbons (Fsp3) is 0.524. The number of benzene rings is 1. The van der Waals surface area contributed by atoms with Gasteiger partial charge in [-0.2, -0.15) is 5.10 Å². The summed E-state index contributed by atoms with van der Waals surface area (Å²) in [5.41, 5.74) is 7.58. The van der Waals surface area contributed by atoms with Crippen molar-refractivity contribution in [1.29, 1.82) is 0 Å². The predicted molar refractivity (Wildman–Crippen MR) is 113 cm³/mol. The van der Waals surface area contributed by atoms with Crippen LogP contribution in [-0.2, 0) is 16.1 Å². The van der Waals surface area contributed by atoms with E-state index in [0.717, 1.165) is 24.1 Å². The second-order valence-corrected chi connectivity index (χ2v) is 9.30. The second kappa shape index (κ2) is 8.64. The number of hydrogen-bond donors (Lipinski definition) is 2. The first-order chi connectivity index (χ1) is 14.7. The number of aromatic nitrogens is 3. The van der Waals surface area contributed by atoms with Crippen LogP contribution in [0.15, 0.2) is 30.9 Å². The minimum Gasteiger partial charge on any atom is -0.320 e. The van der Waals surface area contributed by atoms with E-state index in [0.29, 0.717) is 11.4 Å². The molecule has 2 aliphatic rings. The van der Waals surface area contributed by atoms with Crippen LogP contribution in [-0.4, -0.2) is 56.3 Å². The largest absolute Gasteiger partial charge is 0.320 e. The molecular formula is C21H26ClFN6O2. The lowest BCUT2D eigenvalue weighted by Crippen LogP contribution is -2.50. The van der Waals surface area contributed by atoms with Gasteiger partial charge in [0, 0.05) is 24.5 Å². The fourth-order valence-electron chi connectivity index (χ4n) is 4.09. The van der Waals surface area contributed by atoms with E-state index in [9.17, 15) is 14.0 Å². The Labute approximate surface area is 184 Å². The van der Waals surface area contributed by atoms with Crippen molar-refractivity contribution in [2.24, 2.45) is 11.1 Å². The molecule has 0 spiro atoms. The Morgan fingerprint density at radius 2 is 2.19 bits per heavy atom. The van der Waals surface area contributed by atoms with Crippen LogP contribution in [0.5, 0.6) is 0 Å². The number of nitrogens with two attached hydrogens (primary N) is 1. The third-order valence-electron chi connectivity index (χ3n) is 6.14. The first kappa shape index (κ1) is 21.9. The molecule has 2 fully saturated rings. The molecule has 1 saturated carbocycles. The molecular weight excluding hydrogens is 423 g/mol. The molecule has 4 rings (SSSR count). The normalized spacial score (nSPS) is 23.5. The van der Waals surface area contributed by atoms with Crippen molar-refractivity contribution >= 4 is 23.4 Å². The van der Waals surface area contributed by atoms with E-state index >= 15 is 0 Å². The molecule has 166 valence electrons. The number of amides is 2. The standard InChI is InChI=1S/C21H26ClFN6O2/c1-21(4-5-21)8-16(24)19(30)27-20(31)18-7-15(23)10-28(18)9-13-6-14(22)2-3-17(13)29-12-25-11-26-29/h2-3,6,11-12,15-16,18H,4-5,7-10,24H2,1H3,(H,27,30,31)/t15-,16+,18?/m0/s1. The van der Waals surface area contributed by atoms with Crippen LogP contribution in [0.2, 0.25) is 5.02 Å². The highest BCUT2D eigenvalue weighted by molar-refractivity contribution is 6.30. The Balaban J connectivity index is 1.46. The fourth-order valence-corrected chi connectivity index (χ4v) is 4.28. The zero-order chi connectivity index (χ0) is 22.2. The zero-order valence-corrected chi connectivity index (χ0v) is 18.1. The Hall–Kier alpha value is -2.36. The number of nitrogens with one attached hydrogen (secondary N) is 1. The summed E-state index contributed by atoms with van der Waals surface area (Å²) in [6, 6.07) is 3.76. The lowest BCUT2D eigenvalue weighted by Gasteiger charge is -2.25. The number of nitrogens with zero attached hydrogens (tertiary/aromatic N) is 4. The third kappa shape index (κ3) is 5.11. The number of carbonyl (C=O) groups excluding carboxylic acids is 2. The Morgan fingerprint density at radius 1 is 1.42 bits per heavy atom. The van der Waals surface area contributed by atoms with Crippen molar-refractivity contribution < 1.29 is 14.0 Å². The molecule has 2 heterocycles. The van der Waals surface area contributed by atoms with Crippen LogP contribution in [0.3, 0.4) is 0 Å². The molecule has 31 heavy (non-hydrogen) atoms. The molecule has 3 atom stereocenters. The van der Waals surface area contributed by atoms with Gasteiger partial charge < -0.3 is 5.73 Å². The van der Waals surface area contributed by atoms with Crippen molar-refractivity contribution in [3.8, 4) is 5.69 Å². The minimum atomic E-state index is -1.17. The molecule has 1 unspecified atom stereocenters. The minimum absolute atomic E-state index is 0.0191. The summed E-state index contributed by atoms with van der Waals surface area (Å²) in [7, 11) is 0. The van der Waals surface area contributed by atoms with Crippen molar-refractivity contribution in [3.63, 3.8) is 0 Å². The third-order valence-corrected chi connectivity index (χ3v) is 6.37. The second-order valence-electron chi connectivity index (χ2n) is 8.87. The molecule has 2 amide bonds. The van der Waals surface area contributed by atoms with Gasteiger partial charge in [-0.25, -0.2) is 14.1 Å². The molecule has 1 aromatic heterocycles. The summed E-state index contributed by atoms with van der Waals surface area (Å²) in [6.45, 7) is 2.43. The van der Waals surface area contributed by atoms with Gasteiger partial charge in [0.05, 0.1) is 17.8 Å². The summed E-state index contributed by atoms with van der Waals surface area (Å²) in [5, 5.41) is 7.06. The number of carbonyl (C=O) groups is 2. The first-order valence-corrected chi connectivity index (χ1v) is 10.7. The Bertz CT molecular complexity index is 965. The van der Waals surface area contributed by atoms with Gasteiger partial charge in [-0.05, 0) is 48.4 Å². The van der Waals surface area contributed by atoms with Crippen LogP contribution >= 0.6 is 11.6 Å². The molecule has 3 N–H and O–H groups in total. The Kier molecular flexibility index (Phi) is 6.09. The van der Waals surface area contributed by atoms with Gasteiger partial charge >= 0.3 is 0 Å². The number of halogens is 2. The van der Waals surface area contributed by atoms with Gasteiger partial charge in [0.25, 0.3) is 0 Å². The van der Waals surface area contributed by atoms with Gasteiger partial charge in [-0.3, -0.25) is 19.8 Å². The molecule has 8 nitrogen and oxygen atoms in total. The van der Waals surface area contributed by atoms with E-state index in [1.807, 2.05) is 0 Å². The lowest BCUT2D eigenvalue weighted by molar-refractivity contribution is -0.134. The van der Waals surface area contributed by atoms with Crippen LogP contribution in [0.1, 0.15) is 38.2 Å². The maximum absolute atomic E-state index is 14.3. The zero-order valence-electron chi connectivity index (χ0n) is 17.3. The molecule has 1 aliphatic carbocycles. The van der Waals surface area contributed by atoms with E-state index in [4.69, 9.17) is 17.3 Å². The topological polar surface area (TPSA) is 106 Å². The maximum atomic E-state index is 14.3. The number of rotatable bonds is 7. The highest BCUT2D eigenvalue weighted by Crippen LogP contribution is 2.48. The van der Waals surface area contributed by atoms with Crippen LogP contribution in [0, 0.1) is 5.41 Å². The van der Waals surface area contributed by atoms with Gasteiger partial charge in [0.15, 0.2) is 0 Å². The molecule has 0 bridgehead atoms. The van der Waals surface area contributed by atoms with Crippen molar-refractivity contribution in [1.82, 2.24) is 25.0 Å². The smallest absolute Gasteiger partial charge is 0.244 e. The van der Waals surface area contributed by atoms with Gasteiger partial charge in [0.1, 0.15) is 18.8 Å². The van der Waals surface area contributed by atoms with Gasteiger partial charge in [0.2, 0.25) is 11.8 Å². The number of imide groups is 1. The van der Waals surface area contributed by atoms with E-state index in [2.05, 4.69) is 22.3 Å². The molecule has 1 saturated heterocycles. The molecule has 1 aromatic carbocycles. The van der Waals surface area contributed by atoms with Gasteiger partial charge in [-0.1, -0.05) is 18.5 Å². The van der Waals surface area contributed by atoms with Crippen LogP contribution in [0.25, 0.3) is 5.69 Å². The summed E-state index contributed by atoms with van der Waals surface area (Å²) < 4.78 is 15.9. The van der Waals surface area contributed by atoms with Crippen molar-refractivity contribution in [3.05, 3.63) is 41.4 Å². The molecule has 2 aromatic rings. The number of likely N-dealkylation sites (tertiary alicyclic amines) is 1. The quantitative estimate of drug-likeness (QED) is 0.671. The molecule has 10 heteroatoms. The summed E-state index contributed by atoms with van der Waals surface area (Å²) in [4.78, 5) is 30.9. The Morgan fingerprint density at radius 3 is 2.87 bits per heavy atom. The SMILES string of the molecule is CC1(C[C@@H](N)C(=O)NC(=O)C2C[C@H](F)CN2Cc2cc(Cl)ccc2-n2cncn2)CC1. The van der Waals surface area contributed by atoms with Crippen molar-refractivity contribution in [2.75, 3.05) is 6.54 Å². The summed E-state index contributed by atoms with van der Waals surface area (Å²) >= 11 is 6.18. The first-order valence-electron chi connectivity index (χ1n) is 10.4.